The quantitative estimate of drug-likeness (QED) is 0.414. The number of guanidine groups is 1. The minimum atomic E-state index is -0.712. The van der Waals surface area contributed by atoms with Gasteiger partial charge in [0.05, 0.1) is 6.54 Å². The fraction of sp³-hybridized carbons (Fsp3) is 0.769. The second-order valence-corrected chi connectivity index (χ2v) is 6.65. The number of carbonyl (C=O) groups excluding carboxylic acids is 2. The van der Waals surface area contributed by atoms with Crippen LogP contribution in [0.4, 0.5) is 9.59 Å². The Morgan fingerprint density at radius 3 is 1.62 bits per heavy atom. The lowest BCUT2D eigenvalue weighted by Crippen LogP contribution is -2.47. The molecule has 21 heavy (non-hydrogen) atoms. The van der Waals surface area contributed by atoms with Crippen LogP contribution in [0.1, 0.15) is 41.5 Å². The van der Waals surface area contributed by atoms with E-state index in [9.17, 15) is 9.59 Å². The zero-order valence-corrected chi connectivity index (χ0v) is 14.3. The molecule has 0 atom stereocenters. The number of hydrogen-bond acceptors (Lipinski definition) is 6. The predicted molar refractivity (Wildman–Crippen MR) is 84.9 cm³/mol. The summed E-state index contributed by atoms with van der Waals surface area (Å²) < 4.78 is 10.2. The van der Waals surface area contributed by atoms with Crippen LogP contribution in [-0.2, 0) is 9.47 Å². The molecule has 0 aromatic heterocycles. The Hall–Kier alpha value is -1.44. The Bertz CT molecular complexity index is 365. The lowest BCUT2D eigenvalue weighted by molar-refractivity contribution is 0.0545. The summed E-state index contributed by atoms with van der Waals surface area (Å²) in [5, 5.41) is 4.74. The van der Waals surface area contributed by atoms with Crippen molar-refractivity contribution in [2.75, 3.05) is 12.3 Å². The van der Waals surface area contributed by atoms with Gasteiger partial charge >= 0.3 is 12.2 Å². The molecule has 0 rings (SSSR count). The van der Waals surface area contributed by atoms with Gasteiger partial charge in [-0.2, -0.15) is 12.6 Å². The number of carbonyl (C=O) groups is 2. The van der Waals surface area contributed by atoms with E-state index >= 15 is 0 Å². The van der Waals surface area contributed by atoms with E-state index in [1.807, 2.05) is 0 Å². The van der Waals surface area contributed by atoms with E-state index in [-0.39, 0.29) is 5.96 Å². The zero-order chi connectivity index (χ0) is 16.7. The molecule has 0 aromatic rings. The van der Waals surface area contributed by atoms with Crippen molar-refractivity contribution >= 4 is 30.8 Å². The molecule has 0 radical (unpaired) electrons. The van der Waals surface area contributed by atoms with Gasteiger partial charge in [-0.3, -0.25) is 15.6 Å². The number of nitrogens with one attached hydrogen (secondary N) is 2. The van der Waals surface area contributed by atoms with Crippen molar-refractivity contribution in [3.05, 3.63) is 0 Å². The normalized spacial score (nSPS) is 11.4. The third-order valence-electron chi connectivity index (χ3n) is 1.61. The van der Waals surface area contributed by atoms with Gasteiger partial charge < -0.3 is 9.47 Å². The Morgan fingerprint density at radius 1 is 0.952 bits per heavy atom. The van der Waals surface area contributed by atoms with Crippen LogP contribution in [0.15, 0.2) is 4.99 Å². The third-order valence-corrected chi connectivity index (χ3v) is 1.81. The molecule has 0 aliphatic heterocycles. The molecule has 0 bridgehead atoms. The third kappa shape index (κ3) is 12.0. The molecular weight excluding hydrogens is 294 g/mol. The monoisotopic (exact) mass is 319 g/mol. The highest BCUT2D eigenvalue weighted by molar-refractivity contribution is 7.80. The molecule has 0 aliphatic rings. The number of aliphatic imine (C=N–C) groups is 1. The molecule has 2 N–H and O–H groups in total. The molecule has 0 aromatic carbocycles. The van der Waals surface area contributed by atoms with Gasteiger partial charge in [0, 0.05) is 5.75 Å². The van der Waals surface area contributed by atoms with Crippen molar-refractivity contribution in [3.63, 3.8) is 0 Å². The SMILES string of the molecule is CC(C)(C)OC(=O)NC(=NCCS)NC(=O)OC(C)(C)C. The van der Waals surface area contributed by atoms with Gasteiger partial charge in [0.2, 0.25) is 5.96 Å². The van der Waals surface area contributed by atoms with Gasteiger partial charge in [-0.05, 0) is 41.5 Å². The van der Waals surface area contributed by atoms with Gasteiger partial charge in [0.1, 0.15) is 11.2 Å². The highest BCUT2D eigenvalue weighted by Crippen LogP contribution is 2.07. The highest BCUT2D eigenvalue weighted by Gasteiger charge is 2.20. The van der Waals surface area contributed by atoms with Gasteiger partial charge in [-0.25, -0.2) is 9.59 Å². The van der Waals surface area contributed by atoms with Crippen molar-refractivity contribution < 1.29 is 19.1 Å². The number of hydrogen-bond donors (Lipinski definition) is 3. The molecule has 2 amide bonds. The van der Waals surface area contributed by atoms with E-state index in [2.05, 4.69) is 28.3 Å². The second-order valence-electron chi connectivity index (χ2n) is 6.21. The molecule has 0 unspecified atom stereocenters. The zero-order valence-electron chi connectivity index (χ0n) is 13.4. The Kier molecular flexibility index (Phi) is 7.56. The standard InChI is InChI=1S/C13H25N3O4S/c1-12(2,3)19-10(17)15-9(14-7-8-21)16-11(18)20-13(4,5)6/h21H,7-8H2,1-6H3,(H2,14,15,16,17,18). The highest BCUT2D eigenvalue weighted by atomic mass is 32.1. The van der Waals surface area contributed by atoms with Crippen LogP contribution in [-0.4, -0.2) is 41.6 Å². The first kappa shape index (κ1) is 19.6. The molecule has 122 valence electrons. The van der Waals surface area contributed by atoms with Crippen LogP contribution >= 0.6 is 12.6 Å². The van der Waals surface area contributed by atoms with Gasteiger partial charge in [0.25, 0.3) is 0 Å². The summed E-state index contributed by atoms with van der Waals surface area (Å²) in [5.41, 5.74) is -1.30. The first-order valence-corrected chi connectivity index (χ1v) is 7.21. The van der Waals surface area contributed by atoms with Gasteiger partial charge in [-0.15, -0.1) is 0 Å². The molecular formula is C13H25N3O4S. The summed E-state index contributed by atoms with van der Waals surface area (Å²) in [7, 11) is 0. The first-order valence-electron chi connectivity index (χ1n) is 6.58. The van der Waals surface area contributed by atoms with Crippen LogP contribution in [0.5, 0.6) is 0 Å². The van der Waals surface area contributed by atoms with E-state index in [0.29, 0.717) is 12.3 Å². The Balaban J connectivity index is 4.68. The minimum absolute atomic E-state index is 0.0347. The fourth-order valence-electron chi connectivity index (χ4n) is 1.07. The number of thiol groups is 1. The summed E-state index contributed by atoms with van der Waals surface area (Å²) in [6, 6.07) is 0. The second kappa shape index (κ2) is 8.11. The van der Waals surface area contributed by atoms with Crippen molar-refractivity contribution in [2.45, 2.75) is 52.7 Å². The van der Waals surface area contributed by atoms with E-state index < -0.39 is 23.4 Å². The average molecular weight is 319 g/mol. The van der Waals surface area contributed by atoms with Crippen molar-refractivity contribution in [1.29, 1.82) is 0 Å². The lowest BCUT2D eigenvalue weighted by Gasteiger charge is -2.22. The van der Waals surface area contributed by atoms with E-state index in [1.165, 1.54) is 0 Å². The van der Waals surface area contributed by atoms with Crippen LogP contribution < -0.4 is 10.6 Å². The number of alkyl carbamates (subject to hydrolysis) is 2. The Labute approximate surface area is 131 Å². The van der Waals surface area contributed by atoms with Crippen molar-refractivity contribution in [3.8, 4) is 0 Å². The molecule has 0 saturated carbocycles. The molecule has 0 saturated heterocycles. The van der Waals surface area contributed by atoms with E-state index in [4.69, 9.17) is 9.47 Å². The summed E-state index contributed by atoms with van der Waals surface area (Å²) >= 11 is 4.02. The summed E-state index contributed by atoms with van der Waals surface area (Å²) in [5.74, 6) is 0.433. The fourth-order valence-corrected chi connectivity index (χ4v) is 1.17. The van der Waals surface area contributed by atoms with E-state index in [0.717, 1.165) is 0 Å². The van der Waals surface area contributed by atoms with Gasteiger partial charge in [0.15, 0.2) is 0 Å². The first-order chi connectivity index (χ1) is 9.43. The summed E-state index contributed by atoms with van der Waals surface area (Å²) in [6.07, 6.45) is -1.42. The number of nitrogens with zero attached hydrogens (tertiary/aromatic N) is 1. The maximum absolute atomic E-state index is 11.7. The van der Waals surface area contributed by atoms with Crippen molar-refractivity contribution in [1.82, 2.24) is 10.6 Å². The molecule has 0 heterocycles. The molecule has 0 fully saturated rings. The predicted octanol–water partition coefficient (Wildman–Crippen LogP) is 2.32. The summed E-state index contributed by atoms with van der Waals surface area (Å²) in [6.45, 7) is 10.7. The van der Waals surface area contributed by atoms with Crippen LogP contribution in [0, 0.1) is 0 Å². The molecule has 7 nitrogen and oxygen atoms in total. The summed E-state index contributed by atoms with van der Waals surface area (Å²) in [4.78, 5) is 27.3. The number of amides is 2. The van der Waals surface area contributed by atoms with Crippen LogP contribution in [0.25, 0.3) is 0 Å². The minimum Gasteiger partial charge on any atom is -0.444 e. The number of ether oxygens (including phenoxy) is 2. The molecule has 8 heteroatoms. The average Bonchev–Trinajstić information content (AvgIpc) is 2.20. The smallest absolute Gasteiger partial charge is 0.414 e. The lowest BCUT2D eigenvalue weighted by atomic mass is 10.2. The largest absolute Gasteiger partial charge is 0.444 e. The maximum atomic E-state index is 11.7. The maximum Gasteiger partial charge on any atom is 0.414 e. The Morgan fingerprint density at radius 2 is 1.33 bits per heavy atom. The number of rotatable bonds is 2. The van der Waals surface area contributed by atoms with Crippen LogP contribution in [0.3, 0.4) is 0 Å². The van der Waals surface area contributed by atoms with E-state index in [1.54, 1.807) is 41.5 Å². The van der Waals surface area contributed by atoms with Crippen LogP contribution in [0.2, 0.25) is 0 Å². The molecule has 0 aliphatic carbocycles. The molecule has 0 spiro atoms. The van der Waals surface area contributed by atoms with Gasteiger partial charge in [-0.1, -0.05) is 0 Å². The topological polar surface area (TPSA) is 89.0 Å². The van der Waals surface area contributed by atoms with Crippen molar-refractivity contribution in [2.24, 2.45) is 4.99 Å².